The number of nitrogens with zero attached hydrogens (tertiary/aromatic N) is 6. The maximum absolute atomic E-state index is 14.6. The van der Waals surface area contributed by atoms with Crippen LogP contribution in [0.5, 0.6) is 5.75 Å². The number of hydrogen-bond donors (Lipinski definition) is 2. The lowest BCUT2D eigenvalue weighted by atomic mass is 10.0. The number of fused-ring (bicyclic) bond motifs is 3. The largest absolute Gasteiger partial charge is 0.489 e. The molecule has 1 aliphatic heterocycles. The van der Waals surface area contributed by atoms with Crippen LogP contribution in [0.15, 0.2) is 48.7 Å². The third kappa shape index (κ3) is 4.97. The number of rotatable bonds is 7. The van der Waals surface area contributed by atoms with Gasteiger partial charge in [-0.1, -0.05) is 24.3 Å². The van der Waals surface area contributed by atoms with Crippen LogP contribution in [0.25, 0.3) is 17.2 Å². The van der Waals surface area contributed by atoms with Crippen LogP contribution in [0.1, 0.15) is 30.4 Å². The Kier molecular flexibility index (Phi) is 6.40. The molecule has 2 aromatic heterocycles. The number of halogens is 1. The Balaban J connectivity index is 1.18. The van der Waals surface area contributed by atoms with Gasteiger partial charge in [0.15, 0.2) is 11.6 Å². The first-order valence-electron chi connectivity index (χ1n) is 12.7. The summed E-state index contributed by atoms with van der Waals surface area (Å²) in [5.41, 5.74) is 11.0. The predicted molar refractivity (Wildman–Crippen MR) is 140 cm³/mol. The maximum atomic E-state index is 14.6. The number of nitrogens with two attached hydrogens (primary N) is 1. The summed E-state index contributed by atoms with van der Waals surface area (Å²) in [5, 5.41) is 7.44. The van der Waals surface area contributed by atoms with Crippen LogP contribution in [0, 0.1) is 5.82 Å². The average Bonchev–Trinajstić information content (AvgIpc) is 3.51. The highest BCUT2D eigenvalue weighted by atomic mass is 19.1. The molecule has 0 spiro atoms. The molecule has 2 aromatic carbocycles. The average molecular weight is 501 g/mol. The molecule has 0 bridgehead atoms. The Labute approximate surface area is 214 Å². The van der Waals surface area contributed by atoms with Crippen LogP contribution in [0.3, 0.4) is 0 Å². The van der Waals surface area contributed by atoms with Crippen molar-refractivity contribution in [1.82, 2.24) is 29.6 Å². The van der Waals surface area contributed by atoms with Gasteiger partial charge in [0, 0.05) is 30.1 Å². The second kappa shape index (κ2) is 10.1. The first-order chi connectivity index (χ1) is 18.1. The lowest BCUT2D eigenvalue weighted by Crippen LogP contribution is -2.25. The Bertz CT molecular complexity index is 1420. The van der Waals surface area contributed by atoms with Gasteiger partial charge in [-0.05, 0) is 68.5 Å². The maximum Gasteiger partial charge on any atom is 0.254 e. The van der Waals surface area contributed by atoms with Crippen LogP contribution in [0.4, 0.5) is 22.0 Å². The monoisotopic (exact) mass is 500 g/mol. The summed E-state index contributed by atoms with van der Waals surface area (Å²) in [5.74, 6) is 0.458. The number of aryl methyl sites for hydroxylation is 2. The lowest BCUT2D eigenvalue weighted by Gasteiger charge is -2.15. The number of nitrogen functional groups attached to an aromatic ring is 1. The van der Waals surface area contributed by atoms with Crippen molar-refractivity contribution in [3.63, 3.8) is 0 Å². The molecule has 6 rings (SSSR count). The summed E-state index contributed by atoms with van der Waals surface area (Å²) < 4.78 is 21.7. The first kappa shape index (κ1) is 23.4. The summed E-state index contributed by atoms with van der Waals surface area (Å²) in [6, 6.07) is 13.0. The van der Waals surface area contributed by atoms with Crippen molar-refractivity contribution in [1.29, 1.82) is 0 Å². The molecule has 37 heavy (non-hydrogen) atoms. The van der Waals surface area contributed by atoms with E-state index in [0.29, 0.717) is 18.2 Å². The van der Waals surface area contributed by atoms with Crippen LogP contribution in [-0.2, 0) is 12.8 Å². The number of ether oxygens (including phenoxy) is 1. The van der Waals surface area contributed by atoms with Gasteiger partial charge in [-0.3, -0.25) is 4.90 Å². The lowest BCUT2D eigenvalue weighted by molar-refractivity contribution is 0.231. The van der Waals surface area contributed by atoms with Crippen molar-refractivity contribution >= 4 is 17.6 Å². The molecule has 0 amide bonds. The zero-order valence-electron chi connectivity index (χ0n) is 20.5. The quantitative estimate of drug-likeness (QED) is 0.390. The van der Waals surface area contributed by atoms with Crippen LogP contribution < -0.4 is 15.8 Å². The molecule has 0 saturated carbocycles. The van der Waals surface area contributed by atoms with E-state index in [-0.39, 0.29) is 17.6 Å². The number of hydrogen-bond acceptors (Lipinski definition) is 8. The van der Waals surface area contributed by atoms with E-state index in [1.807, 2.05) is 12.3 Å². The van der Waals surface area contributed by atoms with Crippen molar-refractivity contribution in [3.05, 3.63) is 65.6 Å². The van der Waals surface area contributed by atoms with E-state index in [2.05, 4.69) is 43.5 Å². The summed E-state index contributed by atoms with van der Waals surface area (Å²) in [6.45, 7) is 3.43. The fourth-order valence-corrected chi connectivity index (χ4v) is 4.99. The molecule has 190 valence electrons. The second-order valence-electron chi connectivity index (χ2n) is 9.43. The normalized spacial score (nSPS) is 15.2. The molecule has 0 radical (unpaired) electrons. The van der Waals surface area contributed by atoms with Crippen molar-refractivity contribution in [2.24, 2.45) is 0 Å². The number of aromatic nitrogens is 5. The summed E-state index contributed by atoms with van der Waals surface area (Å²) in [7, 11) is 0. The van der Waals surface area contributed by atoms with Crippen LogP contribution in [0.2, 0.25) is 0 Å². The molecule has 3 heterocycles. The molecule has 3 N–H and O–H groups in total. The van der Waals surface area contributed by atoms with E-state index in [4.69, 9.17) is 15.5 Å². The number of benzene rings is 2. The SMILES string of the molecule is Nc1nc(Nc2ccc(OCCN3CCCC3)c(F)c2)nn1-c1ncc2c(n1)-c1ccccc1CCC2. The summed E-state index contributed by atoms with van der Waals surface area (Å²) in [6.07, 6.45) is 7.23. The van der Waals surface area contributed by atoms with Gasteiger partial charge in [-0.2, -0.15) is 9.67 Å². The fraction of sp³-hybridized carbons (Fsp3) is 0.333. The molecule has 1 saturated heterocycles. The van der Waals surface area contributed by atoms with Gasteiger partial charge in [-0.25, -0.2) is 14.4 Å². The molecule has 1 fully saturated rings. The van der Waals surface area contributed by atoms with Crippen LogP contribution >= 0.6 is 0 Å². The Morgan fingerprint density at radius 3 is 2.70 bits per heavy atom. The van der Waals surface area contributed by atoms with E-state index in [0.717, 1.165) is 55.7 Å². The number of likely N-dealkylation sites (tertiary alicyclic amines) is 1. The molecular formula is C27H29FN8O. The van der Waals surface area contributed by atoms with Gasteiger partial charge in [0.25, 0.3) is 5.95 Å². The van der Waals surface area contributed by atoms with Gasteiger partial charge in [-0.15, -0.1) is 5.10 Å². The third-order valence-corrected chi connectivity index (χ3v) is 6.89. The minimum Gasteiger partial charge on any atom is -0.489 e. The molecule has 10 heteroatoms. The highest BCUT2D eigenvalue weighted by Gasteiger charge is 2.19. The van der Waals surface area contributed by atoms with Gasteiger partial charge >= 0.3 is 0 Å². The van der Waals surface area contributed by atoms with Gasteiger partial charge in [0.1, 0.15) is 6.61 Å². The molecule has 0 atom stereocenters. The fourth-order valence-electron chi connectivity index (χ4n) is 4.99. The van der Waals surface area contributed by atoms with Gasteiger partial charge < -0.3 is 15.8 Å². The zero-order valence-corrected chi connectivity index (χ0v) is 20.5. The third-order valence-electron chi connectivity index (χ3n) is 6.89. The minimum absolute atomic E-state index is 0.131. The van der Waals surface area contributed by atoms with E-state index in [1.54, 1.807) is 12.1 Å². The zero-order chi connectivity index (χ0) is 25.2. The molecule has 4 aromatic rings. The van der Waals surface area contributed by atoms with E-state index in [1.165, 1.54) is 29.2 Å². The molecule has 1 aliphatic carbocycles. The van der Waals surface area contributed by atoms with Crippen LogP contribution in [-0.4, -0.2) is 55.9 Å². The minimum atomic E-state index is -0.452. The molecule has 2 aliphatic rings. The Hall–Kier alpha value is -4.05. The smallest absolute Gasteiger partial charge is 0.254 e. The second-order valence-corrected chi connectivity index (χ2v) is 9.43. The van der Waals surface area contributed by atoms with Crippen molar-refractivity contribution < 1.29 is 9.13 Å². The predicted octanol–water partition coefficient (Wildman–Crippen LogP) is 4.15. The van der Waals surface area contributed by atoms with Crippen molar-refractivity contribution in [3.8, 4) is 23.0 Å². The first-order valence-corrected chi connectivity index (χ1v) is 12.7. The molecule has 9 nitrogen and oxygen atoms in total. The molecular weight excluding hydrogens is 471 g/mol. The van der Waals surface area contributed by atoms with E-state index < -0.39 is 5.82 Å². The standard InChI is InChI=1S/C27H29FN8O/c28-22-16-20(10-11-23(22)37-15-14-35-12-3-4-13-35)31-26-33-25(29)36(34-26)27-30-17-19-8-5-7-18-6-1-2-9-21(18)24(19)32-27/h1-2,6,9-11,16-17H,3-5,7-8,12-15H2,(H3,29,31,33,34). The van der Waals surface area contributed by atoms with Crippen molar-refractivity contribution in [2.75, 3.05) is 37.3 Å². The Morgan fingerprint density at radius 2 is 1.84 bits per heavy atom. The van der Waals surface area contributed by atoms with E-state index in [9.17, 15) is 4.39 Å². The summed E-state index contributed by atoms with van der Waals surface area (Å²) >= 11 is 0. The topological polar surface area (TPSA) is 107 Å². The highest BCUT2D eigenvalue weighted by Crippen LogP contribution is 2.31. The summed E-state index contributed by atoms with van der Waals surface area (Å²) in [4.78, 5) is 15.9. The number of anilines is 3. The van der Waals surface area contributed by atoms with Crippen molar-refractivity contribution in [2.45, 2.75) is 32.1 Å². The Morgan fingerprint density at radius 1 is 1.00 bits per heavy atom. The van der Waals surface area contributed by atoms with Gasteiger partial charge in [0.2, 0.25) is 11.9 Å². The van der Waals surface area contributed by atoms with E-state index >= 15 is 0 Å². The van der Waals surface area contributed by atoms with Gasteiger partial charge in [0.05, 0.1) is 5.69 Å². The molecule has 0 unspecified atom stereocenters. The number of nitrogens with one attached hydrogen (secondary N) is 1. The highest BCUT2D eigenvalue weighted by molar-refractivity contribution is 5.68.